The van der Waals surface area contributed by atoms with E-state index in [-0.39, 0.29) is 36.7 Å². The molecule has 3 aliphatic heterocycles. The highest BCUT2D eigenvalue weighted by Crippen LogP contribution is 2.37. The van der Waals surface area contributed by atoms with E-state index in [2.05, 4.69) is 38.7 Å². The number of nitrogens with zero attached hydrogens (tertiary/aromatic N) is 4. The van der Waals surface area contributed by atoms with Gasteiger partial charge in [0.15, 0.2) is 0 Å². The molecule has 0 bridgehead atoms. The number of imide groups is 1. The number of ether oxygens (including phenoxy) is 2. The highest BCUT2D eigenvalue weighted by molar-refractivity contribution is 7.70. The topological polar surface area (TPSA) is 160 Å². The molecular formula is C46H54ClN6O7P. The van der Waals surface area contributed by atoms with Gasteiger partial charge in [-0.05, 0) is 69.2 Å². The van der Waals surface area contributed by atoms with Crippen LogP contribution in [0.5, 0.6) is 11.5 Å². The Morgan fingerprint density at radius 3 is 2.49 bits per heavy atom. The molecule has 7 rings (SSSR count). The van der Waals surface area contributed by atoms with E-state index < -0.39 is 19.1 Å². The van der Waals surface area contributed by atoms with E-state index in [1.807, 2.05) is 30.3 Å². The summed E-state index contributed by atoms with van der Waals surface area (Å²) in [6.07, 6.45) is 8.70. The van der Waals surface area contributed by atoms with Crippen LogP contribution in [0.15, 0.2) is 66.9 Å². The third-order valence-corrected chi connectivity index (χ3v) is 13.6. The molecule has 13 nitrogen and oxygen atoms in total. The fraction of sp³-hybridized carbons (Fsp3) is 0.435. The van der Waals surface area contributed by atoms with E-state index >= 15 is 0 Å². The number of aromatic nitrogens is 2. The van der Waals surface area contributed by atoms with Crippen LogP contribution in [0.25, 0.3) is 0 Å². The quantitative estimate of drug-likeness (QED) is 0.0687. The van der Waals surface area contributed by atoms with E-state index in [1.165, 1.54) is 4.90 Å². The predicted molar refractivity (Wildman–Crippen MR) is 236 cm³/mol. The van der Waals surface area contributed by atoms with Crippen molar-refractivity contribution in [3.05, 3.63) is 106 Å². The molecule has 1 aromatic heterocycles. The SMILES string of the molecule is COc1cc(N2CCC(NC(=O)CCCCCCOc3cccc4c3CN(C3CCC(=O)NC3=O)C4=O)CC2)ccc1Cc1ncc(Cl)c(Cc2ccccc2P(C)(C)=O)n1. The summed E-state index contributed by atoms with van der Waals surface area (Å²) in [7, 11) is -0.818. The molecular weight excluding hydrogens is 815 g/mol. The van der Waals surface area contributed by atoms with Crippen LogP contribution in [-0.4, -0.2) is 90.7 Å². The average Bonchev–Trinajstić information content (AvgIpc) is 3.58. The van der Waals surface area contributed by atoms with Gasteiger partial charge in [-0.25, -0.2) is 9.97 Å². The summed E-state index contributed by atoms with van der Waals surface area (Å²) < 4.78 is 24.8. The van der Waals surface area contributed by atoms with Gasteiger partial charge in [0, 0.05) is 84.8 Å². The number of rotatable bonds is 17. The molecule has 3 aromatic carbocycles. The van der Waals surface area contributed by atoms with Crippen LogP contribution in [0, 0.1) is 0 Å². The van der Waals surface area contributed by atoms with Gasteiger partial charge in [-0.1, -0.05) is 60.8 Å². The zero-order valence-corrected chi connectivity index (χ0v) is 36.7. The minimum absolute atomic E-state index is 0.0818. The molecule has 1 unspecified atom stereocenters. The van der Waals surface area contributed by atoms with E-state index in [0.717, 1.165) is 85.0 Å². The Morgan fingerprint density at radius 2 is 1.72 bits per heavy atom. The highest BCUT2D eigenvalue weighted by Gasteiger charge is 2.40. The third kappa shape index (κ3) is 10.8. The molecule has 2 fully saturated rings. The second-order valence-corrected chi connectivity index (χ2v) is 20.0. The number of benzene rings is 3. The predicted octanol–water partition coefficient (Wildman–Crippen LogP) is 6.44. The largest absolute Gasteiger partial charge is 0.496 e. The number of methoxy groups -OCH3 is 1. The molecule has 0 saturated carbocycles. The number of amides is 4. The van der Waals surface area contributed by atoms with Crippen molar-refractivity contribution in [2.75, 3.05) is 45.0 Å². The van der Waals surface area contributed by atoms with Gasteiger partial charge in [-0.15, -0.1) is 0 Å². The molecule has 322 valence electrons. The lowest BCUT2D eigenvalue weighted by Crippen LogP contribution is -2.52. The summed E-state index contributed by atoms with van der Waals surface area (Å²) in [5.74, 6) is 1.14. The molecule has 4 amide bonds. The molecule has 0 aliphatic carbocycles. The zero-order chi connectivity index (χ0) is 43.1. The molecule has 4 heterocycles. The molecule has 2 N–H and O–H groups in total. The number of hydrogen-bond donors (Lipinski definition) is 2. The number of unbranched alkanes of at least 4 members (excludes halogenated alkanes) is 3. The summed E-state index contributed by atoms with van der Waals surface area (Å²) in [6, 6.07) is 18.8. The lowest BCUT2D eigenvalue weighted by molar-refractivity contribution is -0.137. The number of anilines is 1. The first kappa shape index (κ1) is 43.8. The Morgan fingerprint density at radius 1 is 0.934 bits per heavy atom. The van der Waals surface area contributed by atoms with Gasteiger partial charge in [0.1, 0.15) is 30.5 Å². The number of nitrogens with one attached hydrogen (secondary N) is 2. The maximum Gasteiger partial charge on any atom is 0.255 e. The lowest BCUT2D eigenvalue weighted by Gasteiger charge is -2.34. The van der Waals surface area contributed by atoms with E-state index in [9.17, 15) is 23.7 Å². The molecule has 61 heavy (non-hydrogen) atoms. The highest BCUT2D eigenvalue weighted by atomic mass is 35.5. The van der Waals surface area contributed by atoms with Gasteiger partial charge < -0.3 is 29.2 Å². The van der Waals surface area contributed by atoms with Crippen molar-refractivity contribution in [2.24, 2.45) is 0 Å². The summed E-state index contributed by atoms with van der Waals surface area (Å²) in [4.78, 5) is 63.1. The first-order valence-electron chi connectivity index (χ1n) is 21.1. The maximum atomic E-state index is 13.1. The minimum atomic E-state index is -2.48. The summed E-state index contributed by atoms with van der Waals surface area (Å²) in [6.45, 7) is 5.94. The van der Waals surface area contributed by atoms with Crippen LogP contribution in [0.3, 0.4) is 0 Å². The maximum absolute atomic E-state index is 13.1. The summed E-state index contributed by atoms with van der Waals surface area (Å²) >= 11 is 6.55. The van der Waals surface area contributed by atoms with Gasteiger partial charge in [0.25, 0.3) is 5.91 Å². The van der Waals surface area contributed by atoms with Crippen LogP contribution in [0.1, 0.15) is 96.4 Å². The monoisotopic (exact) mass is 868 g/mol. The van der Waals surface area contributed by atoms with Crippen molar-refractivity contribution in [1.82, 2.24) is 25.5 Å². The second kappa shape index (κ2) is 19.6. The van der Waals surface area contributed by atoms with Crippen LogP contribution in [0.4, 0.5) is 5.69 Å². The smallest absolute Gasteiger partial charge is 0.255 e. The number of fused-ring (bicyclic) bond motifs is 1. The normalized spacial score (nSPS) is 17.0. The zero-order valence-electron chi connectivity index (χ0n) is 35.1. The number of carbonyl (C=O) groups is 4. The van der Waals surface area contributed by atoms with E-state index in [4.69, 9.17) is 26.1 Å². The minimum Gasteiger partial charge on any atom is -0.496 e. The molecule has 0 spiro atoms. The van der Waals surface area contributed by atoms with Gasteiger partial charge in [0.05, 0.1) is 31.0 Å². The van der Waals surface area contributed by atoms with Gasteiger partial charge in [-0.2, -0.15) is 0 Å². The number of piperidine rings is 2. The molecule has 2 saturated heterocycles. The standard InChI is InChI=1S/C46H54ClN6O7P/c1-59-40-27-33(17-16-30(40)26-42-48-28-36(47)37(50-42)25-31-11-7-8-14-41(31)61(2,3)58)52-22-20-32(21-23-52)49-43(54)15-6-4-5-9-24-60-39-13-10-12-34-35(39)29-53(46(34)57)38-18-19-44(55)51-45(38)56/h7-8,10-14,16-17,27-28,32,38H,4-6,9,15,18-26,29H2,1-3H3,(H,49,54)(H,51,55,56). The van der Waals surface area contributed by atoms with Crippen molar-refractivity contribution >= 4 is 53.4 Å². The van der Waals surface area contributed by atoms with E-state index in [0.29, 0.717) is 60.1 Å². The summed E-state index contributed by atoms with van der Waals surface area (Å²) in [5.41, 5.74) is 4.96. The fourth-order valence-corrected chi connectivity index (χ4v) is 9.91. The molecule has 15 heteroatoms. The first-order chi connectivity index (χ1) is 29.4. The van der Waals surface area contributed by atoms with Crippen LogP contribution in [0.2, 0.25) is 5.02 Å². The second-order valence-electron chi connectivity index (χ2n) is 16.4. The summed E-state index contributed by atoms with van der Waals surface area (Å²) in [5, 5.41) is 6.88. The van der Waals surface area contributed by atoms with Gasteiger partial charge in [0.2, 0.25) is 17.7 Å². The third-order valence-electron chi connectivity index (χ3n) is 11.7. The van der Waals surface area contributed by atoms with Crippen LogP contribution >= 0.6 is 18.7 Å². The Balaban J connectivity index is 0.814. The Kier molecular flexibility index (Phi) is 14.1. The van der Waals surface area contributed by atoms with Crippen LogP contribution in [-0.2, 0) is 38.3 Å². The molecule has 3 aliphatic rings. The number of carbonyl (C=O) groups excluding carboxylic acids is 4. The van der Waals surface area contributed by atoms with Crippen molar-refractivity contribution in [1.29, 1.82) is 0 Å². The first-order valence-corrected chi connectivity index (χ1v) is 24.1. The van der Waals surface area contributed by atoms with Crippen molar-refractivity contribution in [2.45, 2.75) is 89.3 Å². The Labute approximate surface area is 362 Å². The molecule has 1 atom stereocenters. The van der Waals surface area contributed by atoms with E-state index in [1.54, 1.807) is 38.8 Å². The molecule has 0 radical (unpaired) electrons. The molecule has 4 aromatic rings. The fourth-order valence-electron chi connectivity index (χ4n) is 8.46. The van der Waals surface area contributed by atoms with Crippen LogP contribution < -0.4 is 30.3 Å². The number of hydrogen-bond acceptors (Lipinski definition) is 10. The van der Waals surface area contributed by atoms with Crippen molar-refractivity contribution in [3.63, 3.8) is 0 Å². The van der Waals surface area contributed by atoms with Crippen molar-refractivity contribution < 1.29 is 33.2 Å². The van der Waals surface area contributed by atoms with Gasteiger partial charge in [-0.3, -0.25) is 24.5 Å². The lowest BCUT2D eigenvalue weighted by atomic mass is 10.0. The Hall–Kier alpha value is -5.26. The number of halogens is 1. The average molecular weight is 869 g/mol. The van der Waals surface area contributed by atoms with Crippen molar-refractivity contribution in [3.8, 4) is 11.5 Å². The van der Waals surface area contributed by atoms with Gasteiger partial charge >= 0.3 is 0 Å². The Bertz CT molecular complexity index is 2330.